The normalized spacial score (nSPS) is 11.7. The quantitative estimate of drug-likeness (QED) is 0.123. The van der Waals surface area contributed by atoms with E-state index >= 15 is 0 Å². The molecule has 5 heterocycles. The van der Waals surface area contributed by atoms with E-state index in [-0.39, 0.29) is 24.8 Å². The molecule has 0 aliphatic carbocycles. The van der Waals surface area contributed by atoms with Crippen LogP contribution in [0.2, 0.25) is 0 Å². The Bertz CT molecular complexity index is 1750. The number of nitrogens with one attached hydrogen (secondary N) is 2. The molecule has 2 aliphatic rings. The third-order valence-corrected chi connectivity index (χ3v) is 8.13. The van der Waals surface area contributed by atoms with Crippen molar-refractivity contribution in [3.8, 4) is 16.9 Å². The summed E-state index contributed by atoms with van der Waals surface area (Å²) in [6.45, 7) is 3.04. The van der Waals surface area contributed by atoms with E-state index in [2.05, 4.69) is 95.8 Å². The number of aromatic nitrogens is 4. The first kappa shape index (κ1) is 34.1. The maximum atomic E-state index is 6.11. The Hall–Kier alpha value is -3.80. The molecule has 0 spiro atoms. The average Bonchev–Trinajstić information content (AvgIpc) is 3.83. The van der Waals surface area contributed by atoms with E-state index in [9.17, 15) is 0 Å². The third kappa shape index (κ3) is 9.35. The van der Waals surface area contributed by atoms with E-state index in [0.717, 1.165) is 74.7 Å². The van der Waals surface area contributed by atoms with Gasteiger partial charge in [0.15, 0.2) is 0 Å². The number of hydrogen-bond acceptors (Lipinski definition) is 3. The lowest BCUT2D eigenvalue weighted by Crippen LogP contribution is -1.97. The number of nitrogens with zero attached hydrogens (tertiary/aromatic N) is 2. The van der Waals surface area contributed by atoms with Crippen LogP contribution in [0.25, 0.3) is 57.5 Å². The summed E-state index contributed by atoms with van der Waals surface area (Å²) >= 11 is 0. The van der Waals surface area contributed by atoms with Gasteiger partial charge in [-0.15, -0.1) is 24.8 Å². The highest BCUT2D eigenvalue weighted by molar-refractivity contribution is 5.91. The van der Waals surface area contributed by atoms with Crippen LogP contribution in [-0.4, -0.2) is 26.5 Å². The number of ether oxygens (including phenoxy) is 1. The summed E-state index contributed by atoms with van der Waals surface area (Å²) < 4.78 is 6.11. The molecule has 4 aromatic rings. The minimum absolute atomic E-state index is 0. The summed E-state index contributed by atoms with van der Waals surface area (Å²) in [7, 11) is 0. The second kappa shape index (κ2) is 17.0. The minimum Gasteiger partial charge on any atom is -0.494 e. The van der Waals surface area contributed by atoms with Gasteiger partial charge in [0.1, 0.15) is 5.75 Å². The van der Waals surface area contributed by atoms with Gasteiger partial charge in [-0.1, -0.05) is 76.8 Å². The summed E-state index contributed by atoms with van der Waals surface area (Å²) in [6.07, 6.45) is 21.5. The number of halogens is 2. The Balaban J connectivity index is 0.00000230. The number of rotatable bonds is 13. The molecule has 1 aromatic carbocycles. The minimum atomic E-state index is 0. The number of fused-ring (bicyclic) bond motifs is 8. The lowest BCUT2D eigenvalue weighted by molar-refractivity contribution is 0.304. The van der Waals surface area contributed by atoms with Crippen LogP contribution in [0.5, 0.6) is 5.75 Å². The van der Waals surface area contributed by atoms with E-state index in [1.165, 1.54) is 57.8 Å². The second-order valence-corrected chi connectivity index (χ2v) is 11.6. The molecule has 0 saturated heterocycles. The number of unbranched alkanes of at least 4 members (excludes halogenated alkanes) is 9. The lowest BCUT2D eigenvalue weighted by Gasteiger charge is -2.08. The Morgan fingerprint density at radius 2 is 1.09 bits per heavy atom. The third-order valence-electron chi connectivity index (χ3n) is 8.13. The molecule has 0 amide bonds. The highest BCUT2D eigenvalue weighted by Gasteiger charge is 2.11. The molecular formula is C38H44Cl2N4O. The molecule has 2 aliphatic heterocycles. The molecule has 6 rings (SSSR count). The van der Waals surface area contributed by atoms with E-state index < -0.39 is 0 Å². The Labute approximate surface area is 279 Å². The van der Waals surface area contributed by atoms with Crippen molar-refractivity contribution in [2.24, 2.45) is 0 Å². The van der Waals surface area contributed by atoms with Gasteiger partial charge in [-0.3, -0.25) is 0 Å². The number of H-pyrrole nitrogens is 2. The smallest absolute Gasteiger partial charge is 0.119 e. The maximum absolute atomic E-state index is 6.11. The molecule has 236 valence electrons. The van der Waals surface area contributed by atoms with Gasteiger partial charge >= 0.3 is 0 Å². The molecule has 7 heteroatoms. The van der Waals surface area contributed by atoms with Gasteiger partial charge < -0.3 is 14.7 Å². The standard InChI is InChI=1S/C38H42N4O.2ClH/c1-2-3-4-5-6-7-8-9-10-11-24-43-35-20-12-28(13-21-35)38-36-22-18-33(41-36)26-31-16-14-29(39-31)25-30-15-17-32(40-30)27-34-19-23-37(38)42-34;;/h12-23,25-27,39,42H,2-11,24H2,1H3;2*1H. The van der Waals surface area contributed by atoms with Crippen LogP contribution < -0.4 is 4.74 Å². The van der Waals surface area contributed by atoms with Gasteiger partial charge in [-0.05, 0) is 90.9 Å². The van der Waals surface area contributed by atoms with Crippen molar-refractivity contribution in [2.45, 2.75) is 71.1 Å². The predicted octanol–water partition coefficient (Wildman–Crippen LogP) is 11.5. The van der Waals surface area contributed by atoms with E-state index in [4.69, 9.17) is 14.7 Å². The summed E-state index contributed by atoms with van der Waals surface area (Å²) in [5, 5.41) is 0. The van der Waals surface area contributed by atoms with Crippen LogP contribution in [0.4, 0.5) is 0 Å². The highest BCUT2D eigenvalue weighted by atomic mass is 35.5. The van der Waals surface area contributed by atoms with E-state index in [1.807, 2.05) is 12.2 Å². The first-order valence-electron chi connectivity index (χ1n) is 16.0. The zero-order chi connectivity index (χ0) is 29.3. The molecule has 0 unspecified atom stereocenters. The molecule has 2 N–H and O–H groups in total. The first-order chi connectivity index (χ1) is 21.2. The average molecular weight is 644 g/mol. The van der Waals surface area contributed by atoms with Gasteiger partial charge in [0, 0.05) is 27.6 Å². The van der Waals surface area contributed by atoms with Crippen molar-refractivity contribution < 1.29 is 4.74 Å². The Morgan fingerprint density at radius 3 is 1.73 bits per heavy atom. The van der Waals surface area contributed by atoms with Crippen molar-refractivity contribution in [2.75, 3.05) is 6.61 Å². The van der Waals surface area contributed by atoms with Gasteiger partial charge in [0.05, 0.1) is 29.4 Å². The largest absolute Gasteiger partial charge is 0.494 e. The van der Waals surface area contributed by atoms with Gasteiger partial charge in [0.25, 0.3) is 0 Å². The maximum Gasteiger partial charge on any atom is 0.119 e. The molecule has 45 heavy (non-hydrogen) atoms. The molecule has 5 nitrogen and oxygen atoms in total. The van der Waals surface area contributed by atoms with Crippen LogP contribution in [-0.2, 0) is 0 Å². The molecular weight excluding hydrogens is 599 g/mol. The van der Waals surface area contributed by atoms with E-state index in [0.29, 0.717) is 0 Å². The Kier molecular flexibility index (Phi) is 12.9. The molecule has 0 saturated carbocycles. The van der Waals surface area contributed by atoms with Crippen LogP contribution in [0.1, 0.15) is 93.9 Å². The van der Waals surface area contributed by atoms with Crippen molar-refractivity contribution >= 4 is 71.2 Å². The summed E-state index contributed by atoms with van der Waals surface area (Å²) in [5.74, 6) is 0.913. The molecule has 8 bridgehead atoms. The topological polar surface area (TPSA) is 66.6 Å². The second-order valence-electron chi connectivity index (χ2n) is 11.6. The SMILES string of the molecule is CCCCCCCCCCCCOc1ccc(-c2c3nc(cc4ccc(cc5nc(cc6ccc2[nH]6)C=C5)[nH]4)C=C3)cc1.Cl.Cl. The fraction of sp³-hybridized carbons (Fsp3) is 0.316. The van der Waals surface area contributed by atoms with Gasteiger partial charge in [-0.25, -0.2) is 9.97 Å². The molecule has 3 aromatic heterocycles. The molecule has 0 atom stereocenters. The zero-order valence-corrected chi connectivity index (χ0v) is 27.7. The lowest BCUT2D eigenvalue weighted by atomic mass is 10.0. The monoisotopic (exact) mass is 642 g/mol. The number of aromatic amines is 2. The van der Waals surface area contributed by atoms with Crippen molar-refractivity contribution in [1.82, 2.24) is 19.9 Å². The summed E-state index contributed by atoms with van der Waals surface area (Å²) in [6, 6.07) is 23.0. The van der Waals surface area contributed by atoms with Crippen molar-refractivity contribution in [1.29, 1.82) is 0 Å². The Morgan fingerprint density at radius 1 is 0.556 bits per heavy atom. The van der Waals surface area contributed by atoms with Crippen LogP contribution in [0.3, 0.4) is 0 Å². The first-order valence-corrected chi connectivity index (χ1v) is 16.0. The zero-order valence-electron chi connectivity index (χ0n) is 26.1. The fourth-order valence-corrected chi connectivity index (χ4v) is 5.81. The van der Waals surface area contributed by atoms with Crippen molar-refractivity contribution in [3.05, 3.63) is 89.5 Å². The van der Waals surface area contributed by atoms with Crippen molar-refractivity contribution in [3.63, 3.8) is 0 Å². The fourth-order valence-electron chi connectivity index (χ4n) is 5.81. The number of benzene rings is 1. The summed E-state index contributed by atoms with van der Waals surface area (Å²) in [4.78, 5) is 16.8. The van der Waals surface area contributed by atoms with Gasteiger partial charge in [-0.2, -0.15) is 0 Å². The van der Waals surface area contributed by atoms with Crippen LogP contribution in [0, 0.1) is 0 Å². The predicted molar refractivity (Wildman–Crippen MR) is 196 cm³/mol. The molecule has 0 radical (unpaired) electrons. The van der Waals surface area contributed by atoms with Crippen LogP contribution >= 0.6 is 24.8 Å². The van der Waals surface area contributed by atoms with Gasteiger partial charge in [0.2, 0.25) is 0 Å². The summed E-state index contributed by atoms with van der Waals surface area (Å²) in [5.41, 5.74) is 9.88. The number of hydrogen-bond donors (Lipinski definition) is 2. The highest BCUT2D eigenvalue weighted by Crippen LogP contribution is 2.31. The van der Waals surface area contributed by atoms with E-state index in [1.54, 1.807) is 0 Å². The molecule has 0 fully saturated rings. The van der Waals surface area contributed by atoms with Crippen LogP contribution in [0.15, 0.2) is 66.7 Å².